The molecule has 0 saturated carbocycles. The van der Waals surface area contributed by atoms with Gasteiger partial charge in [-0.3, -0.25) is 10.1 Å². The molecule has 0 unspecified atom stereocenters. The van der Waals surface area contributed by atoms with Crippen molar-refractivity contribution < 1.29 is 9.34 Å². The lowest BCUT2D eigenvalue weighted by atomic mass is 10.2. The molecule has 0 aliphatic heterocycles. The Morgan fingerprint density at radius 1 is 1.56 bits per heavy atom. The highest BCUT2D eigenvalue weighted by atomic mass is 32.2. The largest absolute Gasteiger partial charge is 0.439 e. The summed E-state index contributed by atoms with van der Waals surface area (Å²) in [5, 5.41) is 20.0. The Morgan fingerprint density at radius 2 is 2.33 bits per heavy atom. The smallest absolute Gasteiger partial charge is 0.270 e. The van der Waals surface area contributed by atoms with Gasteiger partial charge in [0.1, 0.15) is 12.3 Å². The van der Waals surface area contributed by atoms with Crippen molar-refractivity contribution in [1.82, 2.24) is 4.98 Å². The van der Waals surface area contributed by atoms with Crippen LogP contribution in [-0.2, 0) is 0 Å². The minimum atomic E-state index is -0.537. The van der Waals surface area contributed by atoms with E-state index in [0.29, 0.717) is 10.1 Å². The van der Waals surface area contributed by atoms with Crippen LogP contribution < -0.4 is 0 Å². The quantitative estimate of drug-likeness (QED) is 0.623. The molecule has 2 aromatic rings. The van der Waals surface area contributed by atoms with Crippen molar-refractivity contribution in [1.29, 1.82) is 5.26 Å². The maximum Gasteiger partial charge on any atom is 0.270 e. The Balaban J connectivity index is 2.34. The van der Waals surface area contributed by atoms with Gasteiger partial charge in [-0.2, -0.15) is 5.26 Å². The predicted molar refractivity (Wildman–Crippen MR) is 63.2 cm³/mol. The number of nitro benzene ring substituents is 1. The van der Waals surface area contributed by atoms with E-state index in [1.165, 1.54) is 24.5 Å². The van der Waals surface area contributed by atoms with Gasteiger partial charge in [0.05, 0.1) is 16.2 Å². The summed E-state index contributed by atoms with van der Waals surface area (Å²) in [5.74, 6) is 0. The van der Waals surface area contributed by atoms with Gasteiger partial charge >= 0.3 is 0 Å². The van der Waals surface area contributed by atoms with E-state index >= 15 is 0 Å². The number of aromatic nitrogens is 1. The maximum absolute atomic E-state index is 10.6. The summed E-state index contributed by atoms with van der Waals surface area (Å²) in [6, 6.07) is 6.02. The molecule has 0 aliphatic rings. The molecule has 18 heavy (non-hydrogen) atoms. The fourth-order valence-electron chi connectivity index (χ4n) is 1.28. The fraction of sp³-hybridized carbons (Fsp3) is 0.0909. The van der Waals surface area contributed by atoms with Crippen molar-refractivity contribution in [3.63, 3.8) is 0 Å². The van der Waals surface area contributed by atoms with Crippen LogP contribution in [0.3, 0.4) is 0 Å². The Labute approximate surface area is 106 Å². The van der Waals surface area contributed by atoms with E-state index in [9.17, 15) is 10.1 Å². The number of hydrogen-bond acceptors (Lipinski definition) is 6. The number of aryl methyl sites for hydroxylation is 1. The van der Waals surface area contributed by atoms with E-state index in [0.717, 1.165) is 17.5 Å². The maximum atomic E-state index is 10.6. The van der Waals surface area contributed by atoms with Gasteiger partial charge in [-0.05, 0) is 24.8 Å². The number of hydrogen-bond donors (Lipinski definition) is 0. The van der Waals surface area contributed by atoms with Crippen molar-refractivity contribution in [2.24, 2.45) is 0 Å². The first-order chi connectivity index (χ1) is 8.60. The van der Waals surface area contributed by atoms with Gasteiger partial charge in [0.25, 0.3) is 10.9 Å². The average molecular weight is 261 g/mol. The average Bonchev–Trinajstić information content (AvgIpc) is 2.75. The van der Waals surface area contributed by atoms with Gasteiger partial charge < -0.3 is 4.42 Å². The standard InChI is InChI=1S/C11H7N3O3S/c1-7-6-17-11(13-7)18-10-3-2-9(14(15)16)4-8(10)5-12/h2-4,6H,1H3. The molecule has 0 amide bonds. The molecule has 0 N–H and O–H groups in total. The van der Waals surface area contributed by atoms with E-state index in [-0.39, 0.29) is 11.3 Å². The number of oxazole rings is 1. The number of non-ortho nitro benzene ring substituents is 1. The third kappa shape index (κ3) is 2.49. The highest BCUT2D eigenvalue weighted by Crippen LogP contribution is 2.31. The zero-order chi connectivity index (χ0) is 13.1. The summed E-state index contributed by atoms with van der Waals surface area (Å²) in [5.41, 5.74) is 0.849. The monoisotopic (exact) mass is 261 g/mol. The highest BCUT2D eigenvalue weighted by molar-refractivity contribution is 7.99. The zero-order valence-electron chi connectivity index (χ0n) is 9.28. The van der Waals surface area contributed by atoms with Crippen LogP contribution in [0.15, 0.2) is 39.0 Å². The summed E-state index contributed by atoms with van der Waals surface area (Å²) in [7, 11) is 0. The first-order valence-electron chi connectivity index (χ1n) is 4.88. The molecule has 0 bridgehead atoms. The SMILES string of the molecule is Cc1coc(Sc2ccc([N+](=O)[O-])cc2C#N)n1. The molecule has 0 spiro atoms. The van der Waals surface area contributed by atoms with Gasteiger partial charge in [0, 0.05) is 17.0 Å². The number of nitro groups is 1. The first kappa shape index (κ1) is 12.1. The van der Waals surface area contributed by atoms with Gasteiger partial charge in [-0.1, -0.05) is 0 Å². The summed E-state index contributed by atoms with van der Waals surface area (Å²) in [4.78, 5) is 14.7. The minimum absolute atomic E-state index is 0.112. The Bertz CT molecular complexity index is 645. The van der Waals surface area contributed by atoms with Crippen molar-refractivity contribution in [3.8, 4) is 6.07 Å². The third-order valence-corrected chi connectivity index (χ3v) is 3.03. The highest BCUT2D eigenvalue weighted by Gasteiger charge is 2.13. The molecular weight excluding hydrogens is 254 g/mol. The fourth-order valence-corrected chi connectivity index (χ4v) is 2.11. The number of nitriles is 1. The Kier molecular flexibility index (Phi) is 3.30. The molecule has 1 aromatic carbocycles. The van der Waals surface area contributed by atoms with E-state index in [1.807, 2.05) is 6.07 Å². The molecule has 0 fully saturated rings. The Hall–Kier alpha value is -2.33. The summed E-state index contributed by atoms with van der Waals surface area (Å²) in [6.07, 6.45) is 1.50. The normalized spacial score (nSPS) is 10.0. The van der Waals surface area contributed by atoms with Gasteiger partial charge in [0.15, 0.2) is 0 Å². The molecule has 0 atom stereocenters. The second-order valence-electron chi connectivity index (χ2n) is 3.41. The van der Waals surface area contributed by atoms with Gasteiger partial charge in [0.2, 0.25) is 0 Å². The van der Waals surface area contributed by atoms with Crippen LogP contribution in [0.2, 0.25) is 0 Å². The number of rotatable bonds is 3. The molecule has 0 radical (unpaired) electrons. The second-order valence-corrected chi connectivity index (χ2v) is 4.40. The lowest BCUT2D eigenvalue weighted by Gasteiger charge is -1.99. The van der Waals surface area contributed by atoms with Crippen LogP contribution in [0, 0.1) is 28.4 Å². The van der Waals surface area contributed by atoms with E-state index < -0.39 is 4.92 Å². The van der Waals surface area contributed by atoms with E-state index in [1.54, 1.807) is 6.92 Å². The molecule has 7 heteroatoms. The van der Waals surface area contributed by atoms with Crippen molar-refractivity contribution >= 4 is 17.4 Å². The first-order valence-corrected chi connectivity index (χ1v) is 5.70. The molecule has 1 aromatic heterocycles. The van der Waals surface area contributed by atoms with E-state index in [2.05, 4.69) is 4.98 Å². The van der Waals surface area contributed by atoms with Crippen molar-refractivity contribution in [3.05, 3.63) is 45.8 Å². The topological polar surface area (TPSA) is 93.0 Å². The number of benzene rings is 1. The van der Waals surface area contributed by atoms with Crippen LogP contribution in [-0.4, -0.2) is 9.91 Å². The number of nitrogens with zero attached hydrogens (tertiary/aromatic N) is 3. The van der Waals surface area contributed by atoms with Crippen molar-refractivity contribution in [2.45, 2.75) is 17.0 Å². The van der Waals surface area contributed by atoms with Crippen LogP contribution in [0.5, 0.6) is 0 Å². The lowest BCUT2D eigenvalue weighted by Crippen LogP contribution is -1.90. The molecule has 1 heterocycles. The second kappa shape index (κ2) is 4.89. The lowest BCUT2D eigenvalue weighted by molar-refractivity contribution is -0.384. The molecule has 2 rings (SSSR count). The third-order valence-electron chi connectivity index (χ3n) is 2.09. The summed E-state index contributed by atoms with van der Waals surface area (Å²) < 4.78 is 5.15. The molecule has 90 valence electrons. The van der Waals surface area contributed by atoms with Crippen LogP contribution in [0.25, 0.3) is 0 Å². The van der Waals surface area contributed by atoms with Crippen LogP contribution >= 0.6 is 11.8 Å². The molecule has 0 aliphatic carbocycles. The molecular formula is C11H7N3O3S. The summed E-state index contributed by atoms with van der Waals surface area (Å²) in [6.45, 7) is 1.79. The Morgan fingerprint density at radius 3 is 2.89 bits per heavy atom. The van der Waals surface area contributed by atoms with Gasteiger partial charge in [-0.25, -0.2) is 4.98 Å². The molecule has 0 saturated heterocycles. The van der Waals surface area contributed by atoms with Crippen molar-refractivity contribution in [2.75, 3.05) is 0 Å². The van der Waals surface area contributed by atoms with Crippen LogP contribution in [0.1, 0.15) is 11.3 Å². The van der Waals surface area contributed by atoms with E-state index in [4.69, 9.17) is 9.68 Å². The zero-order valence-corrected chi connectivity index (χ0v) is 10.1. The van der Waals surface area contributed by atoms with Crippen LogP contribution in [0.4, 0.5) is 5.69 Å². The summed E-state index contributed by atoms with van der Waals surface area (Å²) >= 11 is 1.16. The minimum Gasteiger partial charge on any atom is -0.439 e. The predicted octanol–water partition coefficient (Wildman–Crippen LogP) is 2.91. The molecule has 6 nitrogen and oxygen atoms in total. The van der Waals surface area contributed by atoms with Gasteiger partial charge in [-0.15, -0.1) is 0 Å².